The Morgan fingerprint density at radius 1 is 1.03 bits per heavy atom. The third-order valence-electron chi connectivity index (χ3n) is 7.73. The highest BCUT2D eigenvalue weighted by molar-refractivity contribution is 5.94. The molecule has 4 bridgehead atoms. The molecule has 4 aliphatic heterocycles. The summed E-state index contributed by atoms with van der Waals surface area (Å²) in [6, 6.07) is 4.50. The topological polar surface area (TPSA) is 97.4 Å². The number of piperidine rings is 1. The monoisotopic (exact) mass is 420 g/mol. The van der Waals surface area contributed by atoms with E-state index >= 15 is 0 Å². The Hall–Kier alpha value is -2.74. The van der Waals surface area contributed by atoms with Crippen molar-refractivity contribution in [1.29, 1.82) is 0 Å². The lowest BCUT2D eigenvalue weighted by Crippen LogP contribution is -2.48. The van der Waals surface area contributed by atoms with Crippen molar-refractivity contribution in [2.45, 2.75) is 63.2 Å². The number of carbonyl (C=O) groups is 1. The Morgan fingerprint density at radius 3 is 2.45 bits per heavy atom. The summed E-state index contributed by atoms with van der Waals surface area (Å²) in [6.45, 7) is 3.30. The van der Waals surface area contributed by atoms with Crippen LogP contribution in [0.15, 0.2) is 29.3 Å². The van der Waals surface area contributed by atoms with Crippen LogP contribution in [0.3, 0.4) is 0 Å². The summed E-state index contributed by atoms with van der Waals surface area (Å²) in [7, 11) is 0. The zero-order chi connectivity index (χ0) is 21.1. The van der Waals surface area contributed by atoms with E-state index in [4.69, 9.17) is 5.73 Å². The van der Waals surface area contributed by atoms with Gasteiger partial charge in [0.25, 0.3) is 11.5 Å². The molecule has 0 spiro atoms. The number of fused-ring (bicyclic) bond motifs is 6. The van der Waals surface area contributed by atoms with Crippen molar-refractivity contribution in [1.82, 2.24) is 24.3 Å². The molecule has 0 saturated carbocycles. The molecule has 2 aromatic heterocycles. The summed E-state index contributed by atoms with van der Waals surface area (Å²) in [5, 5.41) is 0. The molecule has 6 rings (SSSR count). The van der Waals surface area contributed by atoms with Crippen LogP contribution >= 0.6 is 0 Å². The first-order valence-electron chi connectivity index (χ1n) is 11.4. The largest absolute Gasteiger partial charge is 0.368 e. The average Bonchev–Trinajstić information content (AvgIpc) is 3.36. The number of nitrogens with two attached hydrogens (primary N) is 1. The summed E-state index contributed by atoms with van der Waals surface area (Å²) >= 11 is 0. The summed E-state index contributed by atoms with van der Waals surface area (Å²) in [6.07, 6.45) is 9.01. The lowest BCUT2D eigenvalue weighted by atomic mass is 9.83. The van der Waals surface area contributed by atoms with Gasteiger partial charge in [-0.3, -0.25) is 14.5 Å². The van der Waals surface area contributed by atoms with Crippen molar-refractivity contribution in [2.24, 2.45) is 5.92 Å². The molecule has 2 N–H and O–H groups in total. The molecule has 4 aliphatic rings. The van der Waals surface area contributed by atoms with Gasteiger partial charge in [0.15, 0.2) is 0 Å². The number of hydrogen-bond acceptors (Lipinski definition) is 6. The van der Waals surface area contributed by atoms with Crippen LogP contribution in [-0.2, 0) is 13.1 Å². The summed E-state index contributed by atoms with van der Waals surface area (Å²) in [5.74, 6) is 0.958. The molecule has 1 amide bonds. The van der Waals surface area contributed by atoms with Crippen molar-refractivity contribution in [3.63, 3.8) is 0 Å². The van der Waals surface area contributed by atoms with Gasteiger partial charge < -0.3 is 15.2 Å². The van der Waals surface area contributed by atoms with Gasteiger partial charge in [-0.1, -0.05) is 0 Å². The second-order valence-electron chi connectivity index (χ2n) is 9.70. The summed E-state index contributed by atoms with van der Waals surface area (Å²) < 4.78 is 1.90. The fraction of sp³-hybridized carbons (Fsp3) is 0.565. The van der Waals surface area contributed by atoms with Gasteiger partial charge in [0, 0.05) is 67.8 Å². The second-order valence-corrected chi connectivity index (χ2v) is 9.70. The van der Waals surface area contributed by atoms with Gasteiger partial charge in [-0.25, -0.2) is 9.97 Å². The van der Waals surface area contributed by atoms with Crippen LogP contribution in [0.2, 0.25) is 0 Å². The number of rotatable bonds is 3. The molecule has 0 aliphatic carbocycles. The standard InChI is InChI=1S/C23H28N6O2/c24-23-25-8-15(9-26-23)11-27-10-14-7-16(13-27)20-6-5-19(21(30)28(20)12-14)22(31)29-17-1-2-18(29)4-3-17/h5-6,8-9,14,16-18H,1-4,7,10-13H2,(H2,24,25,26)/t14-,16+,17?,18?/m0/s1. The third kappa shape index (κ3) is 3.15. The number of likely N-dealkylation sites (tertiary alicyclic amines) is 1. The van der Waals surface area contributed by atoms with Gasteiger partial charge in [-0.05, 0) is 50.2 Å². The van der Waals surface area contributed by atoms with E-state index in [1.165, 1.54) is 0 Å². The van der Waals surface area contributed by atoms with Crippen LogP contribution in [0, 0.1) is 5.92 Å². The van der Waals surface area contributed by atoms with Crippen molar-refractivity contribution in [2.75, 3.05) is 18.8 Å². The van der Waals surface area contributed by atoms with Crippen molar-refractivity contribution < 1.29 is 4.79 Å². The molecule has 3 saturated heterocycles. The van der Waals surface area contributed by atoms with Crippen LogP contribution in [-0.4, -0.2) is 55.4 Å². The molecule has 2 atom stereocenters. The predicted molar refractivity (Wildman–Crippen MR) is 115 cm³/mol. The fourth-order valence-corrected chi connectivity index (χ4v) is 6.42. The number of aromatic nitrogens is 3. The van der Waals surface area contributed by atoms with E-state index in [-0.39, 0.29) is 11.5 Å². The van der Waals surface area contributed by atoms with Crippen molar-refractivity contribution in [3.8, 4) is 0 Å². The minimum absolute atomic E-state index is 0.0500. The Balaban J connectivity index is 1.24. The summed E-state index contributed by atoms with van der Waals surface area (Å²) in [4.78, 5) is 39.2. The highest BCUT2D eigenvalue weighted by Gasteiger charge is 2.43. The van der Waals surface area contributed by atoms with E-state index in [9.17, 15) is 9.59 Å². The maximum Gasteiger partial charge on any atom is 0.263 e. The smallest absolute Gasteiger partial charge is 0.263 e. The highest BCUT2D eigenvalue weighted by atomic mass is 16.2. The van der Waals surface area contributed by atoms with E-state index in [0.29, 0.717) is 42.0 Å². The van der Waals surface area contributed by atoms with Gasteiger partial charge in [-0.15, -0.1) is 0 Å². The van der Waals surface area contributed by atoms with E-state index in [2.05, 4.69) is 14.9 Å². The number of nitrogen functional groups attached to an aromatic ring is 1. The van der Waals surface area contributed by atoms with Crippen LogP contribution in [0.4, 0.5) is 5.95 Å². The molecule has 3 fully saturated rings. The van der Waals surface area contributed by atoms with E-state index in [1.807, 2.05) is 15.5 Å². The summed E-state index contributed by atoms with van der Waals surface area (Å²) in [5.41, 5.74) is 7.98. The maximum absolute atomic E-state index is 13.4. The Morgan fingerprint density at radius 2 is 1.74 bits per heavy atom. The average molecular weight is 421 g/mol. The number of amides is 1. The highest BCUT2D eigenvalue weighted by Crippen LogP contribution is 2.39. The van der Waals surface area contributed by atoms with Gasteiger partial charge in [0.2, 0.25) is 5.95 Å². The van der Waals surface area contributed by atoms with Crippen LogP contribution in [0.5, 0.6) is 0 Å². The van der Waals surface area contributed by atoms with Gasteiger partial charge in [0.1, 0.15) is 5.56 Å². The molecular formula is C23H28N6O2. The van der Waals surface area contributed by atoms with Gasteiger partial charge in [-0.2, -0.15) is 0 Å². The van der Waals surface area contributed by atoms with Crippen molar-refractivity contribution >= 4 is 11.9 Å². The van der Waals surface area contributed by atoms with Crippen LogP contribution in [0.25, 0.3) is 0 Å². The number of pyridine rings is 1. The van der Waals surface area contributed by atoms with Crippen LogP contribution in [0.1, 0.15) is 59.6 Å². The zero-order valence-corrected chi connectivity index (χ0v) is 17.6. The molecular weight excluding hydrogens is 392 g/mol. The Bertz CT molecular complexity index is 1060. The quantitative estimate of drug-likeness (QED) is 0.810. The number of nitrogens with zero attached hydrogens (tertiary/aromatic N) is 5. The molecule has 8 nitrogen and oxygen atoms in total. The molecule has 31 heavy (non-hydrogen) atoms. The molecule has 2 aromatic rings. The zero-order valence-electron chi connectivity index (χ0n) is 17.6. The second kappa shape index (κ2) is 7.15. The van der Waals surface area contributed by atoms with Crippen molar-refractivity contribution in [3.05, 3.63) is 51.7 Å². The maximum atomic E-state index is 13.4. The molecule has 0 aromatic carbocycles. The first kappa shape index (κ1) is 19.0. The number of carbonyl (C=O) groups excluding carboxylic acids is 1. The Kier molecular flexibility index (Phi) is 4.38. The minimum Gasteiger partial charge on any atom is -0.368 e. The molecule has 0 radical (unpaired) electrons. The van der Waals surface area contributed by atoms with Crippen LogP contribution < -0.4 is 11.3 Å². The third-order valence-corrected chi connectivity index (χ3v) is 7.73. The lowest BCUT2D eigenvalue weighted by Gasteiger charge is -2.43. The van der Waals surface area contributed by atoms with E-state index < -0.39 is 0 Å². The van der Waals surface area contributed by atoms with E-state index in [1.54, 1.807) is 18.5 Å². The number of anilines is 1. The SMILES string of the molecule is Nc1ncc(CN2C[C@@H]3C[C@H](C2)c2ccc(C(=O)N4C5CCC4CC5)c(=O)n2C3)cn1. The normalized spacial score (nSPS) is 29.2. The molecule has 6 heterocycles. The number of hydrogen-bond donors (Lipinski definition) is 1. The van der Waals surface area contributed by atoms with Gasteiger partial charge in [0.05, 0.1) is 0 Å². The van der Waals surface area contributed by atoms with E-state index in [0.717, 1.165) is 63.0 Å². The Labute approximate surface area is 181 Å². The lowest BCUT2D eigenvalue weighted by molar-refractivity contribution is 0.0724. The molecule has 0 unspecified atom stereocenters. The van der Waals surface area contributed by atoms with Gasteiger partial charge >= 0.3 is 0 Å². The minimum atomic E-state index is -0.0936. The molecule has 162 valence electrons. The first-order chi connectivity index (χ1) is 15.1. The predicted octanol–water partition coefficient (Wildman–Crippen LogP) is 1.61. The first-order valence-corrected chi connectivity index (χ1v) is 11.4. The molecule has 8 heteroatoms. The fourth-order valence-electron chi connectivity index (χ4n) is 6.42.